The summed E-state index contributed by atoms with van der Waals surface area (Å²) in [5.74, 6) is -0.613. The highest BCUT2D eigenvalue weighted by atomic mass is 32.2. The molecule has 1 aliphatic rings. The maximum atomic E-state index is 13.0. The molecule has 0 spiro atoms. The van der Waals surface area contributed by atoms with Crippen molar-refractivity contribution in [1.29, 1.82) is 0 Å². The average molecular weight is 456 g/mol. The molecular formula is C21H23F3N2O4S. The van der Waals surface area contributed by atoms with Crippen LogP contribution in [0.4, 0.5) is 18.9 Å². The van der Waals surface area contributed by atoms with Crippen LogP contribution in [0.2, 0.25) is 0 Å². The molecule has 0 bridgehead atoms. The molecule has 0 saturated carbocycles. The number of benzene rings is 2. The lowest BCUT2D eigenvalue weighted by atomic mass is 9.98. The van der Waals surface area contributed by atoms with E-state index in [4.69, 9.17) is 4.74 Å². The van der Waals surface area contributed by atoms with Crippen molar-refractivity contribution in [3.63, 3.8) is 0 Å². The van der Waals surface area contributed by atoms with Crippen molar-refractivity contribution in [3.8, 4) is 5.75 Å². The Kier molecular flexibility index (Phi) is 6.61. The maximum absolute atomic E-state index is 13.0. The van der Waals surface area contributed by atoms with Crippen LogP contribution in [0.5, 0.6) is 5.75 Å². The predicted molar refractivity (Wildman–Crippen MR) is 109 cm³/mol. The number of nitrogens with one attached hydrogen (secondary N) is 1. The van der Waals surface area contributed by atoms with Crippen LogP contribution >= 0.6 is 0 Å². The van der Waals surface area contributed by atoms with Gasteiger partial charge in [0.05, 0.1) is 23.5 Å². The number of carbonyl (C=O) groups is 1. The quantitative estimate of drug-likeness (QED) is 0.736. The number of aryl methyl sites for hydroxylation is 1. The molecule has 3 rings (SSSR count). The first-order chi connectivity index (χ1) is 14.5. The standard InChI is InChI=1S/C21H23F3N2O4S/c1-14-11-18(8-9-19(14)30-2)31(28,29)26-10-4-5-15(13-26)20(27)25-17-7-3-6-16(12-17)21(22,23)24/h3,6-9,11-12,15H,4-5,10,13H2,1-2H3,(H,25,27)/t15-/m1/s1. The number of carbonyl (C=O) groups excluding carboxylic acids is 1. The molecule has 1 aliphatic heterocycles. The average Bonchev–Trinajstić information content (AvgIpc) is 2.73. The smallest absolute Gasteiger partial charge is 0.416 e. The minimum atomic E-state index is -4.52. The molecule has 1 saturated heterocycles. The zero-order valence-electron chi connectivity index (χ0n) is 17.1. The van der Waals surface area contributed by atoms with E-state index in [1.54, 1.807) is 13.0 Å². The van der Waals surface area contributed by atoms with E-state index in [-0.39, 0.29) is 23.7 Å². The summed E-state index contributed by atoms with van der Waals surface area (Å²) in [6, 6.07) is 8.89. The number of alkyl halides is 3. The van der Waals surface area contributed by atoms with E-state index in [0.29, 0.717) is 24.2 Å². The Morgan fingerprint density at radius 3 is 2.58 bits per heavy atom. The van der Waals surface area contributed by atoms with Crippen LogP contribution < -0.4 is 10.1 Å². The van der Waals surface area contributed by atoms with Gasteiger partial charge in [-0.3, -0.25) is 4.79 Å². The number of hydrogen-bond donors (Lipinski definition) is 1. The second-order valence-electron chi connectivity index (χ2n) is 7.40. The topological polar surface area (TPSA) is 75.7 Å². The molecular weight excluding hydrogens is 433 g/mol. The lowest BCUT2D eigenvalue weighted by Crippen LogP contribution is -2.43. The second kappa shape index (κ2) is 8.88. The molecule has 31 heavy (non-hydrogen) atoms. The number of anilines is 1. The van der Waals surface area contributed by atoms with Gasteiger partial charge >= 0.3 is 6.18 Å². The third-order valence-corrected chi connectivity index (χ3v) is 7.08. The van der Waals surface area contributed by atoms with Crippen LogP contribution in [-0.2, 0) is 21.0 Å². The van der Waals surface area contributed by atoms with E-state index in [2.05, 4.69) is 5.32 Å². The fourth-order valence-corrected chi connectivity index (χ4v) is 5.16. The molecule has 1 amide bonds. The molecule has 0 aromatic heterocycles. The number of halogens is 3. The molecule has 0 radical (unpaired) electrons. The van der Waals surface area contributed by atoms with Gasteiger partial charge in [-0.2, -0.15) is 17.5 Å². The van der Waals surface area contributed by atoms with E-state index >= 15 is 0 Å². The number of rotatable bonds is 5. The molecule has 10 heteroatoms. The molecule has 1 heterocycles. The predicted octanol–water partition coefficient (Wildman–Crippen LogP) is 4.06. The van der Waals surface area contributed by atoms with E-state index in [1.807, 2.05) is 0 Å². The Hall–Kier alpha value is -2.59. The van der Waals surface area contributed by atoms with Gasteiger partial charge in [0, 0.05) is 18.8 Å². The van der Waals surface area contributed by atoms with Crippen LogP contribution in [0.25, 0.3) is 0 Å². The summed E-state index contributed by atoms with van der Waals surface area (Å²) < 4.78 is 71.2. The molecule has 1 atom stereocenters. The first-order valence-corrected chi connectivity index (χ1v) is 11.1. The molecule has 168 valence electrons. The third kappa shape index (κ3) is 5.19. The van der Waals surface area contributed by atoms with Crippen molar-refractivity contribution in [2.45, 2.75) is 30.8 Å². The molecule has 2 aromatic rings. The van der Waals surface area contributed by atoms with E-state index in [1.165, 1.54) is 35.7 Å². The van der Waals surface area contributed by atoms with Crippen LogP contribution in [0, 0.1) is 12.8 Å². The van der Waals surface area contributed by atoms with Crippen LogP contribution in [-0.4, -0.2) is 38.8 Å². The molecule has 1 N–H and O–H groups in total. The summed E-state index contributed by atoms with van der Waals surface area (Å²) in [6.45, 7) is 1.96. The first-order valence-electron chi connectivity index (χ1n) is 9.65. The van der Waals surface area contributed by atoms with Gasteiger partial charge in [0.2, 0.25) is 15.9 Å². The summed E-state index contributed by atoms with van der Waals surface area (Å²) in [6.07, 6.45) is -3.61. The highest BCUT2D eigenvalue weighted by Crippen LogP contribution is 2.31. The number of ether oxygens (including phenoxy) is 1. The molecule has 0 unspecified atom stereocenters. The van der Waals surface area contributed by atoms with Crippen molar-refractivity contribution < 1.29 is 31.1 Å². The van der Waals surface area contributed by atoms with Crippen molar-refractivity contribution in [1.82, 2.24) is 4.31 Å². The Morgan fingerprint density at radius 2 is 1.94 bits per heavy atom. The van der Waals surface area contributed by atoms with E-state index < -0.39 is 33.6 Å². The monoisotopic (exact) mass is 456 g/mol. The van der Waals surface area contributed by atoms with Crippen LogP contribution in [0.3, 0.4) is 0 Å². The Morgan fingerprint density at radius 1 is 1.19 bits per heavy atom. The molecule has 1 fully saturated rings. The summed E-state index contributed by atoms with van der Waals surface area (Å²) in [7, 11) is -2.33. The number of amides is 1. The molecule has 0 aliphatic carbocycles. The van der Waals surface area contributed by atoms with Gasteiger partial charge in [0.1, 0.15) is 5.75 Å². The first kappa shape index (κ1) is 23.1. The fraction of sp³-hybridized carbons (Fsp3) is 0.381. The Balaban J connectivity index is 1.74. The summed E-state index contributed by atoms with van der Waals surface area (Å²) in [4.78, 5) is 12.7. The zero-order chi connectivity index (χ0) is 22.8. The maximum Gasteiger partial charge on any atom is 0.416 e. The summed E-state index contributed by atoms with van der Waals surface area (Å²) >= 11 is 0. The lowest BCUT2D eigenvalue weighted by molar-refractivity contribution is -0.137. The summed E-state index contributed by atoms with van der Waals surface area (Å²) in [5.41, 5.74) is -0.182. The number of sulfonamides is 1. The number of piperidine rings is 1. The zero-order valence-corrected chi connectivity index (χ0v) is 17.9. The largest absolute Gasteiger partial charge is 0.496 e. The molecule has 6 nitrogen and oxygen atoms in total. The minimum absolute atomic E-state index is 0.0191. The summed E-state index contributed by atoms with van der Waals surface area (Å²) in [5, 5.41) is 2.48. The van der Waals surface area contributed by atoms with Gasteiger partial charge in [-0.1, -0.05) is 6.07 Å². The normalized spacial score (nSPS) is 17.9. The highest BCUT2D eigenvalue weighted by Gasteiger charge is 2.34. The van der Waals surface area contributed by atoms with Crippen molar-refractivity contribution in [2.75, 3.05) is 25.5 Å². The SMILES string of the molecule is COc1ccc(S(=O)(=O)N2CCC[C@@H](C(=O)Nc3cccc(C(F)(F)F)c3)C2)cc1C. The second-order valence-corrected chi connectivity index (χ2v) is 9.34. The Bertz CT molecular complexity index is 1070. The van der Waals surface area contributed by atoms with Gasteiger partial charge in [0.15, 0.2) is 0 Å². The van der Waals surface area contributed by atoms with Crippen LogP contribution in [0.1, 0.15) is 24.0 Å². The number of methoxy groups -OCH3 is 1. The Labute approximate surface area is 179 Å². The third-order valence-electron chi connectivity index (χ3n) is 5.22. The van der Waals surface area contributed by atoms with Crippen molar-refractivity contribution in [3.05, 3.63) is 53.6 Å². The fourth-order valence-electron chi connectivity index (χ4n) is 3.55. The number of nitrogens with zero attached hydrogens (tertiary/aromatic N) is 1. The minimum Gasteiger partial charge on any atom is -0.496 e. The molecule has 2 aromatic carbocycles. The lowest BCUT2D eigenvalue weighted by Gasteiger charge is -2.31. The van der Waals surface area contributed by atoms with Crippen LogP contribution in [0.15, 0.2) is 47.4 Å². The van der Waals surface area contributed by atoms with Gasteiger partial charge in [-0.15, -0.1) is 0 Å². The van der Waals surface area contributed by atoms with Crippen molar-refractivity contribution in [2.24, 2.45) is 5.92 Å². The van der Waals surface area contributed by atoms with E-state index in [0.717, 1.165) is 12.1 Å². The van der Waals surface area contributed by atoms with Crippen molar-refractivity contribution >= 4 is 21.6 Å². The van der Waals surface area contributed by atoms with Gasteiger partial charge in [0.25, 0.3) is 0 Å². The number of hydrogen-bond acceptors (Lipinski definition) is 4. The highest BCUT2D eigenvalue weighted by molar-refractivity contribution is 7.89. The van der Waals surface area contributed by atoms with Gasteiger partial charge < -0.3 is 10.1 Å². The van der Waals surface area contributed by atoms with E-state index in [9.17, 15) is 26.4 Å². The van der Waals surface area contributed by atoms with Gasteiger partial charge in [-0.05, 0) is 61.7 Å². The van der Waals surface area contributed by atoms with Gasteiger partial charge in [-0.25, -0.2) is 8.42 Å².